The molecule has 0 spiro atoms. The van der Waals surface area contributed by atoms with E-state index >= 15 is 0 Å². The third-order valence-electron chi connectivity index (χ3n) is 4.22. The number of hydrogen-bond acceptors (Lipinski definition) is 3. The summed E-state index contributed by atoms with van der Waals surface area (Å²) in [5, 5.41) is 2.91. The number of carbonyl (C=O) groups is 1. The van der Waals surface area contributed by atoms with E-state index in [0.29, 0.717) is 11.5 Å². The number of rotatable bonds is 4. The van der Waals surface area contributed by atoms with Crippen LogP contribution in [0.25, 0.3) is 22.6 Å². The van der Waals surface area contributed by atoms with E-state index in [1.165, 1.54) is 0 Å². The lowest BCUT2D eigenvalue weighted by atomic mass is 10.1. The summed E-state index contributed by atoms with van der Waals surface area (Å²) >= 11 is 0. The molecule has 0 unspecified atom stereocenters. The van der Waals surface area contributed by atoms with E-state index in [1.54, 1.807) is 12.1 Å². The first kappa shape index (κ1) is 16.8. The summed E-state index contributed by atoms with van der Waals surface area (Å²) in [7, 11) is 0. The van der Waals surface area contributed by atoms with Crippen molar-refractivity contribution in [1.82, 2.24) is 4.98 Å². The van der Waals surface area contributed by atoms with E-state index in [-0.39, 0.29) is 5.91 Å². The molecule has 1 aromatic heterocycles. The molecule has 0 aliphatic heterocycles. The van der Waals surface area contributed by atoms with Gasteiger partial charge in [0.15, 0.2) is 11.7 Å². The molecule has 1 N–H and O–H groups in total. The largest absolute Gasteiger partial charge is 0.440 e. The predicted octanol–water partition coefficient (Wildman–Crippen LogP) is 5.57. The maximum atomic E-state index is 12.3. The number of amides is 1. The van der Waals surface area contributed by atoms with Crippen molar-refractivity contribution < 1.29 is 9.21 Å². The Morgan fingerprint density at radius 1 is 0.815 bits per heavy atom. The van der Waals surface area contributed by atoms with Gasteiger partial charge in [-0.15, -0.1) is 0 Å². The van der Waals surface area contributed by atoms with Gasteiger partial charge in [0.25, 0.3) is 5.91 Å². The molecule has 27 heavy (non-hydrogen) atoms. The zero-order valence-corrected chi connectivity index (χ0v) is 14.8. The third-order valence-corrected chi connectivity index (χ3v) is 4.22. The second kappa shape index (κ2) is 7.30. The lowest BCUT2D eigenvalue weighted by molar-refractivity contribution is 0.102. The Labute approximate surface area is 157 Å². The van der Waals surface area contributed by atoms with Crippen LogP contribution in [0.5, 0.6) is 0 Å². The average Bonchev–Trinajstić information content (AvgIpc) is 3.11. The maximum absolute atomic E-state index is 12.3. The highest BCUT2D eigenvalue weighted by Crippen LogP contribution is 2.32. The smallest absolute Gasteiger partial charge is 0.255 e. The molecule has 0 bridgehead atoms. The van der Waals surface area contributed by atoms with Gasteiger partial charge in [0, 0.05) is 29.3 Å². The van der Waals surface area contributed by atoms with Gasteiger partial charge >= 0.3 is 0 Å². The Balaban J connectivity index is 1.59. The second-order valence-corrected chi connectivity index (χ2v) is 6.17. The van der Waals surface area contributed by atoms with Crippen LogP contribution in [0.15, 0.2) is 89.3 Å². The number of aromatic nitrogens is 1. The van der Waals surface area contributed by atoms with Gasteiger partial charge in [0.05, 0.1) is 0 Å². The summed E-state index contributed by atoms with van der Waals surface area (Å²) in [6, 6.07) is 26.7. The molecular formula is C23H18N2O2. The van der Waals surface area contributed by atoms with E-state index in [4.69, 9.17) is 4.42 Å². The van der Waals surface area contributed by atoms with Crippen molar-refractivity contribution in [2.75, 3.05) is 5.32 Å². The summed E-state index contributed by atoms with van der Waals surface area (Å²) in [5.41, 5.74) is 4.06. The zero-order valence-electron chi connectivity index (χ0n) is 14.8. The fourth-order valence-electron chi connectivity index (χ4n) is 2.91. The van der Waals surface area contributed by atoms with Crippen LogP contribution in [0.1, 0.15) is 16.2 Å². The van der Waals surface area contributed by atoms with Gasteiger partial charge in [0.1, 0.15) is 5.69 Å². The first-order valence-electron chi connectivity index (χ1n) is 8.70. The SMILES string of the molecule is Cc1nc(-c2ccc(NC(=O)c3ccccc3)cc2)c(-c2ccccc2)o1. The molecule has 0 saturated carbocycles. The molecule has 4 aromatic rings. The molecule has 4 rings (SSSR count). The minimum absolute atomic E-state index is 0.134. The predicted molar refractivity (Wildman–Crippen MR) is 107 cm³/mol. The van der Waals surface area contributed by atoms with Gasteiger partial charge < -0.3 is 9.73 Å². The van der Waals surface area contributed by atoms with Gasteiger partial charge in [-0.2, -0.15) is 0 Å². The average molecular weight is 354 g/mol. The molecule has 1 amide bonds. The normalized spacial score (nSPS) is 10.6. The van der Waals surface area contributed by atoms with Crippen LogP contribution < -0.4 is 5.32 Å². The minimum Gasteiger partial charge on any atom is -0.440 e. The van der Waals surface area contributed by atoms with Crippen LogP contribution in [0.2, 0.25) is 0 Å². The lowest BCUT2D eigenvalue weighted by Crippen LogP contribution is -2.11. The van der Waals surface area contributed by atoms with Gasteiger partial charge in [-0.1, -0.05) is 60.7 Å². The summed E-state index contributed by atoms with van der Waals surface area (Å²) in [4.78, 5) is 16.8. The zero-order chi connectivity index (χ0) is 18.6. The minimum atomic E-state index is -0.134. The highest BCUT2D eigenvalue weighted by atomic mass is 16.4. The summed E-state index contributed by atoms with van der Waals surface area (Å²) in [5.74, 6) is 1.23. The number of hydrogen-bond donors (Lipinski definition) is 1. The first-order valence-corrected chi connectivity index (χ1v) is 8.70. The molecule has 0 fully saturated rings. The topological polar surface area (TPSA) is 55.1 Å². The van der Waals surface area contributed by atoms with Crippen molar-refractivity contribution in [3.8, 4) is 22.6 Å². The monoisotopic (exact) mass is 354 g/mol. The van der Waals surface area contributed by atoms with Crippen LogP contribution in [0.3, 0.4) is 0 Å². The van der Waals surface area contributed by atoms with Crippen molar-refractivity contribution in [3.05, 3.63) is 96.4 Å². The molecule has 4 heteroatoms. The van der Waals surface area contributed by atoms with Crippen LogP contribution >= 0.6 is 0 Å². The Morgan fingerprint density at radius 3 is 2.11 bits per heavy atom. The molecule has 0 aliphatic carbocycles. The van der Waals surface area contributed by atoms with Gasteiger partial charge in [-0.05, 0) is 24.3 Å². The molecule has 1 heterocycles. The van der Waals surface area contributed by atoms with E-state index in [1.807, 2.05) is 79.7 Å². The van der Waals surface area contributed by atoms with Gasteiger partial charge in [-0.25, -0.2) is 4.98 Å². The number of aryl methyl sites for hydroxylation is 1. The van der Waals surface area contributed by atoms with Crippen molar-refractivity contribution in [3.63, 3.8) is 0 Å². The number of nitrogens with one attached hydrogen (secondary N) is 1. The van der Waals surface area contributed by atoms with Gasteiger partial charge in [0.2, 0.25) is 0 Å². The van der Waals surface area contributed by atoms with E-state index in [2.05, 4.69) is 10.3 Å². The maximum Gasteiger partial charge on any atom is 0.255 e. The third kappa shape index (κ3) is 3.65. The van der Waals surface area contributed by atoms with E-state index < -0.39 is 0 Å². The van der Waals surface area contributed by atoms with Crippen LogP contribution in [-0.2, 0) is 0 Å². The first-order chi connectivity index (χ1) is 13.2. The number of nitrogens with zero attached hydrogens (tertiary/aromatic N) is 1. The van der Waals surface area contributed by atoms with Crippen molar-refractivity contribution >= 4 is 11.6 Å². The molecule has 0 saturated heterocycles. The summed E-state index contributed by atoms with van der Waals surface area (Å²) < 4.78 is 5.83. The molecule has 0 aliphatic rings. The van der Waals surface area contributed by atoms with Crippen LogP contribution in [-0.4, -0.2) is 10.9 Å². The molecule has 0 radical (unpaired) electrons. The Kier molecular flexibility index (Phi) is 4.54. The lowest BCUT2D eigenvalue weighted by Gasteiger charge is -2.06. The van der Waals surface area contributed by atoms with Crippen molar-refractivity contribution in [1.29, 1.82) is 0 Å². The molecule has 3 aromatic carbocycles. The Bertz CT molecular complexity index is 1050. The van der Waals surface area contributed by atoms with Gasteiger partial charge in [-0.3, -0.25) is 4.79 Å². The molecule has 0 atom stereocenters. The van der Waals surface area contributed by atoms with Crippen molar-refractivity contribution in [2.24, 2.45) is 0 Å². The summed E-state index contributed by atoms with van der Waals surface area (Å²) in [6.45, 7) is 1.84. The highest BCUT2D eigenvalue weighted by Gasteiger charge is 2.15. The Morgan fingerprint density at radius 2 is 1.44 bits per heavy atom. The number of anilines is 1. The highest BCUT2D eigenvalue weighted by molar-refractivity contribution is 6.04. The Hall–Kier alpha value is -3.66. The quantitative estimate of drug-likeness (QED) is 0.521. The van der Waals surface area contributed by atoms with E-state index in [9.17, 15) is 4.79 Å². The number of carbonyl (C=O) groups excluding carboxylic acids is 1. The fraction of sp³-hybridized carbons (Fsp3) is 0.0435. The van der Waals surface area contributed by atoms with Crippen LogP contribution in [0.4, 0.5) is 5.69 Å². The second-order valence-electron chi connectivity index (χ2n) is 6.17. The molecule has 4 nitrogen and oxygen atoms in total. The number of oxazole rings is 1. The van der Waals surface area contributed by atoms with Crippen LogP contribution in [0, 0.1) is 6.92 Å². The van der Waals surface area contributed by atoms with E-state index in [0.717, 1.165) is 28.3 Å². The molecular weight excluding hydrogens is 336 g/mol. The fourth-order valence-corrected chi connectivity index (χ4v) is 2.91. The number of benzene rings is 3. The van der Waals surface area contributed by atoms with Crippen molar-refractivity contribution in [2.45, 2.75) is 6.92 Å². The molecule has 132 valence electrons. The standard InChI is InChI=1S/C23H18N2O2/c1-16-24-21(22(27-16)18-8-4-2-5-9-18)17-12-14-20(15-13-17)25-23(26)19-10-6-3-7-11-19/h2-15H,1H3,(H,25,26). The summed E-state index contributed by atoms with van der Waals surface area (Å²) in [6.07, 6.45) is 0.